The average Bonchev–Trinajstić information content (AvgIpc) is 3.10. The van der Waals surface area contributed by atoms with E-state index in [-0.39, 0.29) is 30.4 Å². The summed E-state index contributed by atoms with van der Waals surface area (Å²) in [5.74, 6) is -1.22. The molecule has 0 unspecified atom stereocenters. The molecule has 0 radical (unpaired) electrons. The minimum Gasteiger partial charge on any atom is -0.480 e. The number of carbonyl (C=O) groups is 2. The summed E-state index contributed by atoms with van der Waals surface area (Å²) in [4.78, 5) is 56.2. The SMILES string of the molecule is Cn1c(=O)[nH]c(=O)c2[nH]c(CCC(=O)N[C@H](Cc3ccccc3)C(=O)O)nc21. The minimum atomic E-state index is -1.12. The lowest BCUT2D eigenvalue weighted by Crippen LogP contribution is -2.42. The predicted octanol–water partition coefficient (Wildman–Crippen LogP) is -0.305. The van der Waals surface area contributed by atoms with Crippen LogP contribution in [0.4, 0.5) is 0 Å². The summed E-state index contributed by atoms with van der Waals surface area (Å²) >= 11 is 0. The van der Waals surface area contributed by atoms with Gasteiger partial charge in [-0.2, -0.15) is 0 Å². The van der Waals surface area contributed by atoms with Crippen LogP contribution >= 0.6 is 0 Å². The second-order valence-corrected chi connectivity index (χ2v) is 6.35. The molecule has 0 spiro atoms. The van der Waals surface area contributed by atoms with Gasteiger partial charge in [-0.1, -0.05) is 30.3 Å². The molecule has 0 aliphatic carbocycles. The van der Waals surface area contributed by atoms with Crippen LogP contribution in [0.25, 0.3) is 11.2 Å². The fraction of sp³-hybridized carbons (Fsp3) is 0.278. The van der Waals surface area contributed by atoms with Gasteiger partial charge in [-0.3, -0.25) is 19.1 Å². The van der Waals surface area contributed by atoms with Crippen molar-refractivity contribution in [2.24, 2.45) is 7.05 Å². The third kappa shape index (κ3) is 4.17. The summed E-state index contributed by atoms with van der Waals surface area (Å²) in [5, 5.41) is 11.8. The van der Waals surface area contributed by atoms with Gasteiger partial charge in [0.1, 0.15) is 17.4 Å². The Bertz CT molecular complexity index is 1130. The number of imidazole rings is 1. The van der Waals surface area contributed by atoms with Gasteiger partial charge in [-0.05, 0) is 5.56 Å². The zero-order valence-electron chi connectivity index (χ0n) is 15.1. The number of nitrogens with one attached hydrogen (secondary N) is 3. The average molecular weight is 385 g/mol. The number of aliphatic carboxylic acids is 1. The number of nitrogens with zero attached hydrogens (tertiary/aromatic N) is 2. The van der Waals surface area contributed by atoms with E-state index in [1.54, 1.807) is 24.3 Å². The molecule has 146 valence electrons. The molecule has 0 fully saturated rings. The third-order valence-electron chi connectivity index (χ3n) is 4.31. The lowest BCUT2D eigenvalue weighted by atomic mass is 10.1. The summed E-state index contributed by atoms with van der Waals surface area (Å²) in [6.45, 7) is 0. The number of carbonyl (C=O) groups excluding carboxylic acids is 1. The fourth-order valence-electron chi connectivity index (χ4n) is 2.82. The van der Waals surface area contributed by atoms with Crippen LogP contribution in [-0.4, -0.2) is 42.5 Å². The molecule has 0 aliphatic rings. The Morgan fingerprint density at radius 3 is 2.61 bits per heavy atom. The van der Waals surface area contributed by atoms with Crippen molar-refractivity contribution in [1.82, 2.24) is 24.8 Å². The van der Waals surface area contributed by atoms with E-state index < -0.39 is 29.2 Å². The molecule has 1 aromatic carbocycles. The molecule has 2 heterocycles. The van der Waals surface area contributed by atoms with Gasteiger partial charge in [-0.25, -0.2) is 14.6 Å². The standard InChI is InChI=1S/C18H19N5O5/c1-23-15-14(16(25)22-18(23)28)20-12(21-15)7-8-13(24)19-11(17(26)27)9-10-5-3-2-4-6-10/h2-6,11H,7-9H2,1H3,(H,19,24)(H,20,21)(H,26,27)(H,22,25,28)/t11-/m1/s1. The number of carboxylic acids is 1. The van der Waals surface area contributed by atoms with Crippen LogP contribution in [0.15, 0.2) is 39.9 Å². The molecule has 28 heavy (non-hydrogen) atoms. The van der Waals surface area contributed by atoms with Gasteiger partial charge < -0.3 is 15.4 Å². The zero-order valence-corrected chi connectivity index (χ0v) is 15.1. The number of carboxylic acid groups (broad SMARTS) is 1. The van der Waals surface area contributed by atoms with E-state index in [1.807, 2.05) is 6.07 Å². The van der Waals surface area contributed by atoms with Crippen molar-refractivity contribution in [2.45, 2.75) is 25.3 Å². The lowest BCUT2D eigenvalue weighted by Gasteiger charge is -2.14. The Hall–Kier alpha value is -3.69. The molecule has 4 N–H and O–H groups in total. The van der Waals surface area contributed by atoms with Crippen LogP contribution in [0.1, 0.15) is 17.8 Å². The number of benzene rings is 1. The predicted molar refractivity (Wildman–Crippen MR) is 100.0 cm³/mol. The zero-order chi connectivity index (χ0) is 20.3. The summed E-state index contributed by atoms with van der Waals surface area (Å²) in [6, 6.07) is 7.95. The van der Waals surface area contributed by atoms with Gasteiger partial charge in [-0.15, -0.1) is 0 Å². The first-order valence-corrected chi connectivity index (χ1v) is 8.59. The molecule has 0 saturated carbocycles. The maximum absolute atomic E-state index is 12.2. The molecular formula is C18H19N5O5. The molecule has 3 rings (SSSR count). The monoisotopic (exact) mass is 385 g/mol. The number of fused-ring (bicyclic) bond motifs is 1. The van der Waals surface area contributed by atoms with Crippen molar-refractivity contribution in [1.29, 1.82) is 0 Å². The molecular weight excluding hydrogens is 366 g/mol. The molecule has 10 heteroatoms. The van der Waals surface area contributed by atoms with Crippen molar-refractivity contribution in [3.8, 4) is 0 Å². The van der Waals surface area contributed by atoms with Crippen LogP contribution < -0.4 is 16.6 Å². The van der Waals surface area contributed by atoms with Crippen LogP contribution in [-0.2, 0) is 29.5 Å². The summed E-state index contributed by atoms with van der Waals surface area (Å²) in [5.41, 5.74) is -0.0390. The number of H-pyrrole nitrogens is 2. The molecule has 2 aromatic heterocycles. The highest BCUT2D eigenvalue weighted by Crippen LogP contribution is 2.07. The van der Waals surface area contributed by atoms with Crippen LogP contribution in [0.2, 0.25) is 0 Å². The number of aryl methyl sites for hydroxylation is 2. The van der Waals surface area contributed by atoms with Gasteiger partial charge in [0.05, 0.1) is 0 Å². The van der Waals surface area contributed by atoms with Gasteiger partial charge in [0.15, 0.2) is 5.65 Å². The van der Waals surface area contributed by atoms with Gasteiger partial charge in [0.25, 0.3) is 5.56 Å². The Kier molecular flexibility index (Phi) is 5.39. The molecule has 3 aromatic rings. The van der Waals surface area contributed by atoms with Crippen molar-refractivity contribution in [2.75, 3.05) is 0 Å². The number of amides is 1. The maximum atomic E-state index is 12.2. The van der Waals surface area contributed by atoms with E-state index in [0.29, 0.717) is 5.82 Å². The topological polar surface area (TPSA) is 150 Å². The summed E-state index contributed by atoms with van der Waals surface area (Å²) < 4.78 is 1.19. The first-order chi connectivity index (χ1) is 13.3. The largest absolute Gasteiger partial charge is 0.480 e. The Morgan fingerprint density at radius 1 is 1.21 bits per heavy atom. The second kappa shape index (κ2) is 7.91. The second-order valence-electron chi connectivity index (χ2n) is 6.35. The van der Waals surface area contributed by atoms with Gasteiger partial charge in [0.2, 0.25) is 5.91 Å². The molecule has 1 amide bonds. The quantitative estimate of drug-likeness (QED) is 0.438. The maximum Gasteiger partial charge on any atom is 0.329 e. The molecule has 0 aliphatic heterocycles. The van der Waals surface area contributed by atoms with Crippen molar-refractivity contribution in [3.05, 3.63) is 62.6 Å². The van der Waals surface area contributed by atoms with Crippen molar-refractivity contribution in [3.63, 3.8) is 0 Å². The Labute approximate surface area is 158 Å². The highest BCUT2D eigenvalue weighted by Gasteiger charge is 2.20. The number of rotatable bonds is 7. The van der Waals surface area contributed by atoms with Crippen LogP contribution in [0.3, 0.4) is 0 Å². The minimum absolute atomic E-state index is 0.0236. The summed E-state index contributed by atoms with van der Waals surface area (Å²) in [6.07, 6.45) is 0.306. The number of aromatic amines is 2. The number of hydrogen-bond acceptors (Lipinski definition) is 5. The highest BCUT2D eigenvalue weighted by atomic mass is 16.4. The van der Waals surface area contributed by atoms with E-state index in [2.05, 4.69) is 20.3 Å². The van der Waals surface area contributed by atoms with E-state index in [9.17, 15) is 24.3 Å². The van der Waals surface area contributed by atoms with E-state index >= 15 is 0 Å². The Balaban J connectivity index is 1.66. The van der Waals surface area contributed by atoms with Gasteiger partial charge >= 0.3 is 11.7 Å². The lowest BCUT2D eigenvalue weighted by molar-refractivity contribution is -0.141. The molecule has 1 atom stereocenters. The van der Waals surface area contributed by atoms with Gasteiger partial charge in [0, 0.05) is 26.3 Å². The molecule has 0 saturated heterocycles. The first-order valence-electron chi connectivity index (χ1n) is 8.59. The van der Waals surface area contributed by atoms with Crippen LogP contribution in [0.5, 0.6) is 0 Å². The normalized spacial score (nSPS) is 12.0. The molecule has 10 nitrogen and oxygen atoms in total. The first kappa shape index (κ1) is 19.1. The van der Waals surface area contributed by atoms with Crippen LogP contribution in [0, 0.1) is 0 Å². The summed E-state index contributed by atoms with van der Waals surface area (Å²) in [7, 11) is 1.47. The van der Waals surface area contributed by atoms with Crippen molar-refractivity contribution < 1.29 is 14.7 Å². The fourth-order valence-corrected chi connectivity index (χ4v) is 2.82. The number of hydrogen-bond donors (Lipinski definition) is 4. The van der Waals surface area contributed by atoms with E-state index in [4.69, 9.17) is 0 Å². The van der Waals surface area contributed by atoms with E-state index in [1.165, 1.54) is 11.6 Å². The smallest absolute Gasteiger partial charge is 0.329 e. The third-order valence-corrected chi connectivity index (χ3v) is 4.31. The number of aromatic nitrogens is 4. The molecule has 0 bridgehead atoms. The van der Waals surface area contributed by atoms with Crippen molar-refractivity contribution >= 4 is 23.0 Å². The van der Waals surface area contributed by atoms with E-state index in [0.717, 1.165) is 5.56 Å². The Morgan fingerprint density at radius 2 is 1.93 bits per heavy atom. The highest BCUT2D eigenvalue weighted by molar-refractivity contribution is 5.83.